The first kappa shape index (κ1) is 12.6. The van der Waals surface area contributed by atoms with Gasteiger partial charge in [-0.3, -0.25) is 4.79 Å². The monoisotopic (exact) mass is 252 g/mol. The summed E-state index contributed by atoms with van der Waals surface area (Å²) >= 11 is 1.82. The van der Waals surface area contributed by atoms with Crippen LogP contribution in [0.2, 0.25) is 0 Å². The highest BCUT2D eigenvalue weighted by atomic mass is 32.1. The minimum Gasteiger partial charge on any atom is -0.343 e. The molecule has 1 aliphatic rings. The number of nitrogens with zero attached hydrogens (tertiary/aromatic N) is 1. The fourth-order valence-electron chi connectivity index (χ4n) is 2.22. The van der Waals surface area contributed by atoms with E-state index < -0.39 is 0 Å². The molecule has 17 heavy (non-hydrogen) atoms. The van der Waals surface area contributed by atoms with Gasteiger partial charge in [0.05, 0.1) is 0 Å². The van der Waals surface area contributed by atoms with Crippen LogP contribution in [0, 0.1) is 6.92 Å². The largest absolute Gasteiger partial charge is 0.343 e. The number of hydrogen-bond donors (Lipinski definition) is 1. The maximum atomic E-state index is 11.2. The number of piperidine rings is 1. The molecule has 94 valence electrons. The summed E-state index contributed by atoms with van der Waals surface area (Å²) in [6.45, 7) is 6.58. The van der Waals surface area contributed by atoms with Crippen molar-refractivity contribution < 1.29 is 4.79 Å². The fraction of sp³-hybridized carbons (Fsp3) is 0.615. The van der Waals surface area contributed by atoms with E-state index in [-0.39, 0.29) is 5.91 Å². The molecule has 0 saturated carbocycles. The van der Waals surface area contributed by atoms with Crippen molar-refractivity contribution >= 4 is 17.2 Å². The zero-order valence-corrected chi connectivity index (χ0v) is 11.3. The van der Waals surface area contributed by atoms with Crippen molar-refractivity contribution in [1.82, 2.24) is 10.2 Å². The quantitative estimate of drug-likeness (QED) is 0.894. The van der Waals surface area contributed by atoms with E-state index in [4.69, 9.17) is 0 Å². The lowest BCUT2D eigenvalue weighted by Gasteiger charge is -2.31. The SMILES string of the molecule is CC(=O)N1CCC(NCc2sccc2C)CC1. The summed E-state index contributed by atoms with van der Waals surface area (Å²) in [5.74, 6) is 0.206. The highest BCUT2D eigenvalue weighted by Gasteiger charge is 2.20. The molecule has 0 radical (unpaired) electrons. The van der Waals surface area contributed by atoms with Gasteiger partial charge in [0.15, 0.2) is 0 Å². The molecule has 2 rings (SSSR count). The number of amides is 1. The van der Waals surface area contributed by atoms with Gasteiger partial charge in [-0.1, -0.05) is 0 Å². The average Bonchev–Trinajstić information content (AvgIpc) is 2.73. The number of carbonyl (C=O) groups excluding carboxylic acids is 1. The van der Waals surface area contributed by atoms with Gasteiger partial charge in [0, 0.05) is 37.5 Å². The first-order valence-electron chi connectivity index (χ1n) is 6.18. The molecule has 1 aliphatic heterocycles. The Bertz CT molecular complexity index is 381. The minimum absolute atomic E-state index is 0.206. The van der Waals surface area contributed by atoms with Gasteiger partial charge in [-0.15, -0.1) is 11.3 Å². The second kappa shape index (κ2) is 5.65. The second-order valence-corrected chi connectivity index (χ2v) is 5.69. The molecular formula is C13H20N2OS. The van der Waals surface area contributed by atoms with E-state index in [0.717, 1.165) is 32.5 Å². The molecule has 1 aromatic heterocycles. The van der Waals surface area contributed by atoms with Crippen molar-refractivity contribution in [2.24, 2.45) is 0 Å². The number of aryl methyl sites for hydroxylation is 1. The molecule has 0 bridgehead atoms. The molecule has 0 atom stereocenters. The molecule has 3 nitrogen and oxygen atoms in total. The Morgan fingerprint density at radius 1 is 1.53 bits per heavy atom. The van der Waals surface area contributed by atoms with E-state index in [1.165, 1.54) is 10.4 Å². The van der Waals surface area contributed by atoms with Crippen LogP contribution in [0.4, 0.5) is 0 Å². The van der Waals surface area contributed by atoms with E-state index in [1.807, 2.05) is 16.2 Å². The summed E-state index contributed by atoms with van der Waals surface area (Å²) in [5.41, 5.74) is 1.38. The Morgan fingerprint density at radius 2 is 2.24 bits per heavy atom. The molecule has 0 spiro atoms. The number of thiophene rings is 1. The van der Waals surface area contributed by atoms with Crippen LogP contribution in [-0.4, -0.2) is 29.9 Å². The van der Waals surface area contributed by atoms with Gasteiger partial charge in [-0.25, -0.2) is 0 Å². The van der Waals surface area contributed by atoms with Crippen LogP contribution in [-0.2, 0) is 11.3 Å². The lowest BCUT2D eigenvalue weighted by molar-refractivity contribution is -0.129. The Labute approximate surface area is 107 Å². The van der Waals surface area contributed by atoms with Crippen LogP contribution in [0.3, 0.4) is 0 Å². The van der Waals surface area contributed by atoms with Gasteiger partial charge in [-0.2, -0.15) is 0 Å². The van der Waals surface area contributed by atoms with Gasteiger partial charge in [0.2, 0.25) is 5.91 Å². The van der Waals surface area contributed by atoms with Gasteiger partial charge in [0.1, 0.15) is 0 Å². The summed E-state index contributed by atoms with van der Waals surface area (Å²) in [5, 5.41) is 5.74. The van der Waals surface area contributed by atoms with Gasteiger partial charge < -0.3 is 10.2 Å². The molecule has 1 saturated heterocycles. The van der Waals surface area contributed by atoms with Crippen LogP contribution in [0.15, 0.2) is 11.4 Å². The summed E-state index contributed by atoms with van der Waals surface area (Å²) in [4.78, 5) is 14.6. The highest BCUT2D eigenvalue weighted by molar-refractivity contribution is 7.10. The van der Waals surface area contributed by atoms with Crippen molar-refractivity contribution in [3.63, 3.8) is 0 Å². The summed E-state index contributed by atoms with van der Waals surface area (Å²) in [6, 6.07) is 2.73. The molecule has 0 aliphatic carbocycles. The standard InChI is InChI=1S/C13H20N2OS/c1-10-5-8-17-13(10)9-14-12-3-6-15(7-4-12)11(2)16/h5,8,12,14H,3-4,6-7,9H2,1-2H3. The maximum Gasteiger partial charge on any atom is 0.219 e. The van der Waals surface area contributed by atoms with Crippen molar-refractivity contribution in [2.75, 3.05) is 13.1 Å². The Hall–Kier alpha value is -0.870. The molecule has 1 aromatic rings. The number of nitrogens with one attached hydrogen (secondary N) is 1. The Kier molecular flexibility index (Phi) is 4.18. The molecule has 0 aromatic carbocycles. The minimum atomic E-state index is 0.206. The van der Waals surface area contributed by atoms with Gasteiger partial charge >= 0.3 is 0 Å². The lowest BCUT2D eigenvalue weighted by atomic mass is 10.0. The summed E-state index contributed by atoms with van der Waals surface area (Å²) in [6.07, 6.45) is 2.15. The summed E-state index contributed by atoms with van der Waals surface area (Å²) < 4.78 is 0. The third-order valence-corrected chi connectivity index (χ3v) is 4.48. The third-order valence-electron chi connectivity index (χ3n) is 3.46. The number of rotatable bonds is 3. The smallest absolute Gasteiger partial charge is 0.219 e. The van der Waals surface area contributed by atoms with Gasteiger partial charge in [-0.05, 0) is 36.8 Å². The third kappa shape index (κ3) is 3.30. The van der Waals surface area contributed by atoms with E-state index in [0.29, 0.717) is 6.04 Å². The van der Waals surface area contributed by atoms with Crippen LogP contribution >= 0.6 is 11.3 Å². The molecule has 1 fully saturated rings. The van der Waals surface area contributed by atoms with Crippen molar-refractivity contribution in [3.8, 4) is 0 Å². The van der Waals surface area contributed by atoms with Crippen LogP contribution < -0.4 is 5.32 Å². The van der Waals surface area contributed by atoms with Crippen molar-refractivity contribution in [2.45, 2.75) is 39.3 Å². The zero-order chi connectivity index (χ0) is 12.3. The molecule has 1 N–H and O–H groups in total. The van der Waals surface area contributed by atoms with Gasteiger partial charge in [0.25, 0.3) is 0 Å². The van der Waals surface area contributed by atoms with E-state index in [9.17, 15) is 4.79 Å². The van der Waals surface area contributed by atoms with Crippen molar-refractivity contribution in [1.29, 1.82) is 0 Å². The second-order valence-electron chi connectivity index (χ2n) is 4.69. The molecule has 0 unspecified atom stereocenters. The van der Waals surface area contributed by atoms with E-state index in [2.05, 4.69) is 23.7 Å². The first-order valence-corrected chi connectivity index (χ1v) is 7.06. The van der Waals surface area contributed by atoms with Crippen molar-refractivity contribution in [3.05, 3.63) is 21.9 Å². The molecule has 1 amide bonds. The molecule has 2 heterocycles. The first-order chi connectivity index (χ1) is 8.16. The summed E-state index contributed by atoms with van der Waals surface area (Å²) in [7, 11) is 0. The van der Waals surface area contributed by atoms with E-state index >= 15 is 0 Å². The lowest BCUT2D eigenvalue weighted by Crippen LogP contribution is -2.43. The predicted octanol–water partition coefficient (Wildman–Crippen LogP) is 2.16. The molecular weight excluding hydrogens is 232 g/mol. The Morgan fingerprint density at radius 3 is 2.76 bits per heavy atom. The fourth-order valence-corrected chi connectivity index (χ4v) is 3.08. The predicted molar refractivity (Wildman–Crippen MR) is 71.2 cm³/mol. The van der Waals surface area contributed by atoms with Crippen LogP contribution in [0.5, 0.6) is 0 Å². The number of hydrogen-bond acceptors (Lipinski definition) is 3. The normalized spacial score (nSPS) is 17.4. The highest BCUT2D eigenvalue weighted by Crippen LogP contribution is 2.17. The zero-order valence-electron chi connectivity index (χ0n) is 10.5. The maximum absolute atomic E-state index is 11.2. The number of carbonyl (C=O) groups is 1. The topological polar surface area (TPSA) is 32.3 Å². The van der Waals surface area contributed by atoms with Crippen LogP contribution in [0.1, 0.15) is 30.2 Å². The Balaban J connectivity index is 1.75. The van der Waals surface area contributed by atoms with Crippen LogP contribution in [0.25, 0.3) is 0 Å². The number of likely N-dealkylation sites (tertiary alicyclic amines) is 1. The average molecular weight is 252 g/mol. The van der Waals surface area contributed by atoms with E-state index in [1.54, 1.807) is 6.92 Å². The molecule has 4 heteroatoms.